The number of aliphatic hydroxyl groups is 1. The first-order chi connectivity index (χ1) is 18.3. The van der Waals surface area contributed by atoms with Crippen molar-refractivity contribution in [3.63, 3.8) is 0 Å². The average Bonchev–Trinajstić information content (AvgIpc) is 3.33. The van der Waals surface area contributed by atoms with Crippen LogP contribution in [0.2, 0.25) is 0 Å². The third-order valence-electron chi connectivity index (χ3n) is 6.96. The number of hydrogen-bond acceptors (Lipinski definition) is 6. The molecule has 3 N–H and O–H groups in total. The summed E-state index contributed by atoms with van der Waals surface area (Å²) in [4.78, 5) is 40.3. The summed E-state index contributed by atoms with van der Waals surface area (Å²) in [6, 6.07) is 10.5. The van der Waals surface area contributed by atoms with Crippen LogP contribution in [0.3, 0.4) is 0 Å². The molecule has 0 spiro atoms. The van der Waals surface area contributed by atoms with Crippen LogP contribution >= 0.6 is 0 Å². The van der Waals surface area contributed by atoms with E-state index in [1.807, 2.05) is 0 Å². The second kappa shape index (κ2) is 11.0. The molecule has 10 heteroatoms. The number of aryl methyl sites for hydroxylation is 2. The lowest BCUT2D eigenvalue weighted by atomic mass is 9.96. The minimum atomic E-state index is -1.19. The van der Waals surface area contributed by atoms with Gasteiger partial charge in [0.15, 0.2) is 5.75 Å². The summed E-state index contributed by atoms with van der Waals surface area (Å²) in [5, 5.41) is 19.7. The van der Waals surface area contributed by atoms with E-state index in [9.17, 15) is 23.9 Å². The summed E-state index contributed by atoms with van der Waals surface area (Å²) >= 11 is 0. The highest BCUT2D eigenvalue weighted by molar-refractivity contribution is 5.98. The fourth-order valence-electron chi connectivity index (χ4n) is 5.00. The van der Waals surface area contributed by atoms with Crippen molar-refractivity contribution in [1.29, 1.82) is 0 Å². The van der Waals surface area contributed by atoms with Crippen molar-refractivity contribution in [3.8, 4) is 11.5 Å². The topological polar surface area (TPSA) is 125 Å². The Kier molecular flexibility index (Phi) is 7.87. The quantitative estimate of drug-likeness (QED) is 0.420. The van der Waals surface area contributed by atoms with Gasteiger partial charge in [0, 0.05) is 11.6 Å². The highest BCUT2D eigenvalue weighted by Gasteiger charge is 2.45. The lowest BCUT2D eigenvalue weighted by molar-refractivity contribution is -0.141. The number of benzene rings is 2. The molecular weight excluding hydrogens is 503 g/mol. The summed E-state index contributed by atoms with van der Waals surface area (Å²) in [7, 11) is 0. The van der Waals surface area contributed by atoms with Gasteiger partial charge in [0.2, 0.25) is 5.91 Å². The normalized spacial score (nSPS) is 18.1. The van der Waals surface area contributed by atoms with Gasteiger partial charge in [-0.3, -0.25) is 14.4 Å². The summed E-state index contributed by atoms with van der Waals surface area (Å²) in [5.74, 6) is -0.758. The molecular formula is C29H33FN4O5. The smallest absolute Gasteiger partial charge is 0.307 e. The van der Waals surface area contributed by atoms with Crippen LogP contribution in [0, 0.1) is 19.7 Å². The predicted octanol–water partition coefficient (Wildman–Crippen LogP) is 3.94. The van der Waals surface area contributed by atoms with Gasteiger partial charge < -0.3 is 20.1 Å². The number of aromatic nitrogens is 2. The molecule has 0 saturated carbocycles. The lowest BCUT2D eigenvalue weighted by Gasteiger charge is -2.38. The van der Waals surface area contributed by atoms with Crippen LogP contribution in [0.5, 0.6) is 11.5 Å². The van der Waals surface area contributed by atoms with E-state index in [0.29, 0.717) is 41.0 Å². The van der Waals surface area contributed by atoms with Gasteiger partial charge in [0.05, 0.1) is 23.4 Å². The first-order valence-corrected chi connectivity index (χ1v) is 12.8. The fraction of sp³-hybridized carbons (Fsp3) is 0.379. The van der Waals surface area contributed by atoms with Crippen LogP contribution in [-0.4, -0.2) is 49.7 Å². The fourth-order valence-corrected chi connectivity index (χ4v) is 5.00. The molecule has 3 aromatic rings. The zero-order valence-electron chi connectivity index (χ0n) is 22.6. The SMILES string of the molecule is Cc1cc(Oc2ccc(C(=O)NC(C)C(=O)N3[C@H](c4cccc(F)c4)CC[C@@H]3C(C)(C)O)cc2C)c(=O)[nH]n1. The number of H-pyrrole nitrogens is 1. The number of carbonyl (C=O) groups is 2. The predicted molar refractivity (Wildman–Crippen MR) is 143 cm³/mol. The van der Waals surface area contributed by atoms with Gasteiger partial charge in [-0.2, -0.15) is 5.10 Å². The minimum absolute atomic E-state index is 0.0850. The van der Waals surface area contributed by atoms with Gasteiger partial charge >= 0.3 is 5.56 Å². The highest BCUT2D eigenvalue weighted by Crippen LogP contribution is 2.40. The van der Waals surface area contributed by atoms with Gasteiger partial charge in [-0.15, -0.1) is 0 Å². The van der Waals surface area contributed by atoms with Crippen LogP contribution in [0.25, 0.3) is 0 Å². The molecule has 0 aliphatic carbocycles. The third kappa shape index (κ3) is 6.17. The van der Waals surface area contributed by atoms with E-state index in [1.165, 1.54) is 18.2 Å². The minimum Gasteiger partial charge on any atom is -0.451 e. The second-order valence-corrected chi connectivity index (χ2v) is 10.5. The Labute approximate surface area is 226 Å². The molecule has 1 aromatic heterocycles. The molecule has 3 atom stereocenters. The van der Waals surface area contributed by atoms with Crippen molar-refractivity contribution in [2.45, 2.75) is 71.2 Å². The second-order valence-electron chi connectivity index (χ2n) is 10.5. The van der Waals surface area contributed by atoms with Crippen LogP contribution in [0.1, 0.15) is 66.8 Å². The van der Waals surface area contributed by atoms with Gasteiger partial charge in [0.25, 0.3) is 5.91 Å². The van der Waals surface area contributed by atoms with Crippen molar-refractivity contribution < 1.29 is 23.8 Å². The maximum absolute atomic E-state index is 14.0. The van der Waals surface area contributed by atoms with E-state index in [2.05, 4.69) is 15.5 Å². The van der Waals surface area contributed by atoms with Crippen molar-refractivity contribution in [2.24, 2.45) is 0 Å². The molecule has 4 rings (SSSR count). The Morgan fingerprint density at radius 1 is 1.15 bits per heavy atom. The molecule has 1 aliphatic rings. The standard InChI is InChI=1S/C29H33FN4O5/c1-16-13-20(9-11-23(16)39-24-14-17(2)32-33-27(24)36)26(35)31-18(3)28(37)34-22(10-12-25(34)29(4,5)38)19-7-6-8-21(30)15-19/h6-9,11,13-15,18,22,25,38H,10,12H2,1-5H3,(H,31,35)(H,33,36)/t18?,22-,25+/m0/s1. The van der Waals surface area contributed by atoms with E-state index < -0.39 is 41.0 Å². The van der Waals surface area contributed by atoms with Crippen LogP contribution in [0.4, 0.5) is 4.39 Å². The van der Waals surface area contributed by atoms with Crippen molar-refractivity contribution in [2.75, 3.05) is 0 Å². The monoisotopic (exact) mass is 536 g/mol. The van der Waals surface area contributed by atoms with Crippen molar-refractivity contribution in [1.82, 2.24) is 20.4 Å². The summed E-state index contributed by atoms with van der Waals surface area (Å²) < 4.78 is 19.7. The lowest BCUT2D eigenvalue weighted by Crippen LogP contribution is -2.54. The molecule has 1 fully saturated rings. The van der Waals surface area contributed by atoms with Crippen LogP contribution in [-0.2, 0) is 4.79 Å². The first-order valence-electron chi connectivity index (χ1n) is 12.8. The molecule has 9 nitrogen and oxygen atoms in total. The highest BCUT2D eigenvalue weighted by atomic mass is 19.1. The van der Waals surface area contributed by atoms with Gasteiger partial charge in [-0.25, -0.2) is 9.49 Å². The maximum Gasteiger partial charge on any atom is 0.307 e. The first kappa shape index (κ1) is 28.0. The number of rotatable bonds is 7. The Morgan fingerprint density at radius 2 is 1.90 bits per heavy atom. The number of amides is 2. The molecule has 2 aromatic carbocycles. The largest absolute Gasteiger partial charge is 0.451 e. The number of carbonyl (C=O) groups excluding carboxylic acids is 2. The molecule has 1 aliphatic heterocycles. The molecule has 206 valence electrons. The molecule has 1 unspecified atom stereocenters. The Bertz CT molecular complexity index is 1450. The van der Waals surface area contributed by atoms with Gasteiger partial charge in [-0.1, -0.05) is 12.1 Å². The average molecular weight is 537 g/mol. The molecule has 39 heavy (non-hydrogen) atoms. The molecule has 0 bridgehead atoms. The molecule has 1 saturated heterocycles. The van der Waals surface area contributed by atoms with Gasteiger partial charge in [0.1, 0.15) is 17.6 Å². The van der Waals surface area contributed by atoms with Crippen molar-refractivity contribution in [3.05, 3.63) is 87.1 Å². The zero-order valence-corrected chi connectivity index (χ0v) is 22.6. The van der Waals surface area contributed by atoms with Crippen molar-refractivity contribution >= 4 is 11.8 Å². The number of likely N-dealkylation sites (tertiary alicyclic amines) is 1. The van der Waals surface area contributed by atoms with E-state index in [-0.39, 0.29) is 11.7 Å². The third-order valence-corrected chi connectivity index (χ3v) is 6.96. The number of nitrogens with one attached hydrogen (secondary N) is 2. The van der Waals surface area contributed by atoms with Crippen LogP contribution < -0.4 is 15.6 Å². The summed E-state index contributed by atoms with van der Waals surface area (Å²) in [6.45, 7) is 8.33. The summed E-state index contributed by atoms with van der Waals surface area (Å²) in [5.41, 5.74) is 0.481. The Morgan fingerprint density at radius 3 is 2.56 bits per heavy atom. The number of nitrogens with zero attached hydrogens (tertiary/aromatic N) is 2. The number of aromatic amines is 1. The Hall–Kier alpha value is -4.05. The zero-order chi connectivity index (χ0) is 28.5. The number of ether oxygens (including phenoxy) is 1. The Balaban J connectivity index is 1.51. The number of halogens is 1. The number of hydrogen-bond donors (Lipinski definition) is 3. The summed E-state index contributed by atoms with van der Waals surface area (Å²) in [6.07, 6.45) is 1.10. The molecule has 2 amide bonds. The van der Waals surface area contributed by atoms with Gasteiger partial charge in [-0.05, 0) is 88.9 Å². The molecule has 2 heterocycles. The van der Waals surface area contributed by atoms with Crippen LogP contribution in [0.15, 0.2) is 53.3 Å². The molecule has 0 radical (unpaired) electrons. The maximum atomic E-state index is 14.0. The van der Waals surface area contributed by atoms with E-state index in [0.717, 1.165) is 0 Å². The van der Waals surface area contributed by atoms with E-state index in [4.69, 9.17) is 4.74 Å². The van der Waals surface area contributed by atoms with E-state index >= 15 is 0 Å². The van der Waals surface area contributed by atoms with E-state index in [1.54, 1.807) is 69.9 Å².